The standard InChI is InChI=1S/C10H23O2PS2/c1-7-9(3)14-13(11,12-8-2)15-10(4,5)6/h9H,7-8H2,1-6H3. The van der Waals surface area contributed by atoms with E-state index in [0.29, 0.717) is 11.9 Å². The van der Waals surface area contributed by atoms with E-state index in [2.05, 4.69) is 34.6 Å². The summed E-state index contributed by atoms with van der Waals surface area (Å²) in [4.78, 5) is 0. The molecular weight excluding hydrogens is 247 g/mol. The Morgan fingerprint density at radius 3 is 2.20 bits per heavy atom. The zero-order valence-electron chi connectivity index (χ0n) is 10.6. The minimum atomic E-state index is -2.58. The van der Waals surface area contributed by atoms with Gasteiger partial charge in [-0.3, -0.25) is 4.57 Å². The van der Waals surface area contributed by atoms with Crippen LogP contribution in [-0.2, 0) is 9.09 Å². The summed E-state index contributed by atoms with van der Waals surface area (Å²) in [6.07, 6.45) is 1.02. The summed E-state index contributed by atoms with van der Waals surface area (Å²) in [6, 6.07) is 0. The normalized spacial score (nSPS) is 18.5. The maximum atomic E-state index is 12.5. The molecule has 0 fully saturated rings. The molecule has 0 saturated heterocycles. The van der Waals surface area contributed by atoms with Crippen LogP contribution in [0.2, 0.25) is 0 Å². The van der Waals surface area contributed by atoms with Gasteiger partial charge >= 0.3 is 5.77 Å². The Bertz CT molecular complexity index is 226. The molecule has 0 aliphatic carbocycles. The molecule has 0 N–H and O–H groups in total. The second-order valence-electron chi connectivity index (χ2n) is 4.39. The Labute approximate surface area is 102 Å². The lowest BCUT2D eigenvalue weighted by Crippen LogP contribution is -2.07. The molecule has 0 saturated carbocycles. The molecule has 0 spiro atoms. The zero-order chi connectivity index (χ0) is 12.1. The SMILES string of the molecule is CCOP(=O)(SC(C)CC)SC(C)(C)C. The Balaban J connectivity index is 4.52. The molecular formula is C10H23O2PS2. The molecule has 92 valence electrons. The number of hydrogen-bond acceptors (Lipinski definition) is 4. The molecule has 0 rings (SSSR count). The van der Waals surface area contributed by atoms with E-state index in [1.165, 1.54) is 22.8 Å². The van der Waals surface area contributed by atoms with Crippen LogP contribution < -0.4 is 0 Å². The van der Waals surface area contributed by atoms with Gasteiger partial charge in [0, 0.05) is 10.00 Å². The molecule has 0 amide bonds. The lowest BCUT2D eigenvalue weighted by Gasteiger charge is -2.26. The van der Waals surface area contributed by atoms with E-state index in [-0.39, 0.29) is 4.75 Å². The molecule has 0 aromatic carbocycles. The molecule has 2 unspecified atom stereocenters. The zero-order valence-corrected chi connectivity index (χ0v) is 13.1. The highest BCUT2D eigenvalue weighted by molar-refractivity contribution is 8.89. The van der Waals surface area contributed by atoms with Crippen LogP contribution in [0, 0.1) is 0 Å². The van der Waals surface area contributed by atoms with Crippen LogP contribution in [0.1, 0.15) is 48.0 Å². The van der Waals surface area contributed by atoms with Gasteiger partial charge in [-0.1, -0.05) is 57.4 Å². The second-order valence-corrected chi connectivity index (χ2v) is 12.7. The van der Waals surface area contributed by atoms with Crippen LogP contribution in [-0.4, -0.2) is 16.6 Å². The smallest absolute Gasteiger partial charge is 0.313 e. The molecule has 5 heteroatoms. The highest BCUT2D eigenvalue weighted by Gasteiger charge is 2.32. The van der Waals surface area contributed by atoms with Gasteiger partial charge in [0.05, 0.1) is 6.61 Å². The predicted molar refractivity (Wildman–Crippen MR) is 73.9 cm³/mol. The fraction of sp³-hybridized carbons (Fsp3) is 1.00. The van der Waals surface area contributed by atoms with E-state index in [0.717, 1.165) is 6.42 Å². The van der Waals surface area contributed by atoms with Crippen LogP contribution >= 0.6 is 28.5 Å². The van der Waals surface area contributed by atoms with Crippen molar-refractivity contribution in [2.75, 3.05) is 6.61 Å². The predicted octanol–water partition coefficient (Wildman–Crippen LogP) is 5.19. The molecule has 0 aliphatic heterocycles. The summed E-state index contributed by atoms with van der Waals surface area (Å²) in [7, 11) is 0. The van der Waals surface area contributed by atoms with E-state index in [4.69, 9.17) is 4.52 Å². The first-order valence-corrected chi connectivity index (χ1v) is 9.89. The third-order valence-electron chi connectivity index (χ3n) is 1.56. The van der Waals surface area contributed by atoms with Gasteiger partial charge in [-0.2, -0.15) is 0 Å². The Morgan fingerprint density at radius 2 is 1.87 bits per heavy atom. The van der Waals surface area contributed by atoms with Crippen molar-refractivity contribution < 1.29 is 9.09 Å². The fourth-order valence-electron chi connectivity index (χ4n) is 0.867. The van der Waals surface area contributed by atoms with Gasteiger partial charge in [-0.25, -0.2) is 0 Å². The van der Waals surface area contributed by atoms with Crippen molar-refractivity contribution in [3.8, 4) is 0 Å². The first-order valence-electron chi connectivity index (χ1n) is 5.36. The van der Waals surface area contributed by atoms with Crippen molar-refractivity contribution in [3.05, 3.63) is 0 Å². The average molecular weight is 270 g/mol. The van der Waals surface area contributed by atoms with E-state index in [9.17, 15) is 4.57 Å². The lowest BCUT2D eigenvalue weighted by molar-refractivity contribution is 0.357. The maximum Gasteiger partial charge on any atom is 0.313 e. The number of hydrogen-bond donors (Lipinski definition) is 0. The maximum absolute atomic E-state index is 12.5. The largest absolute Gasteiger partial charge is 0.314 e. The van der Waals surface area contributed by atoms with Crippen LogP contribution in [0.3, 0.4) is 0 Å². The van der Waals surface area contributed by atoms with Crippen LogP contribution in [0.5, 0.6) is 0 Å². The van der Waals surface area contributed by atoms with Gasteiger partial charge in [0.1, 0.15) is 0 Å². The fourth-order valence-corrected chi connectivity index (χ4v) is 11.2. The van der Waals surface area contributed by atoms with Crippen LogP contribution in [0.25, 0.3) is 0 Å². The molecule has 0 bridgehead atoms. The van der Waals surface area contributed by atoms with Crippen molar-refractivity contribution in [3.63, 3.8) is 0 Å². The van der Waals surface area contributed by atoms with Crippen molar-refractivity contribution in [2.45, 2.75) is 58.0 Å². The molecule has 0 aromatic heterocycles. The Morgan fingerprint density at radius 1 is 1.33 bits per heavy atom. The number of rotatable bonds is 6. The van der Waals surface area contributed by atoms with Gasteiger partial charge in [0.2, 0.25) is 0 Å². The topological polar surface area (TPSA) is 26.3 Å². The summed E-state index contributed by atoms with van der Waals surface area (Å²) >= 11 is 2.96. The summed E-state index contributed by atoms with van der Waals surface area (Å²) in [5.41, 5.74) is 0. The molecule has 0 radical (unpaired) electrons. The minimum absolute atomic E-state index is 0.0227. The van der Waals surface area contributed by atoms with Gasteiger partial charge in [0.25, 0.3) is 0 Å². The van der Waals surface area contributed by atoms with Crippen molar-refractivity contribution >= 4 is 28.5 Å². The van der Waals surface area contributed by atoms with Gasteiger partial charge in [0.15, 0.2) is 0 Å². The monoisotopic (exact) mass is 270 g/mol. The minimum Gasteiger partial charge on any atom is -0.314 e. The van der Waals surface area contributed by atoms with Crippen LogP contribution in [0.15, 0.2) is 0 Å². The van der Waals surface area contributed by atoms with E-state index in [1.54, 1.807) is 0 Å². The Kier molecular flexibility index (Phi) is 6.97. The van der Waals surface area contributed by atoms with Crippen molar-refractivity contribution in [1.82, 2.24) is 0 Å². The molecule has 0 aromatic rings. The van der Waals surface area contributed by atoms with E-state index in [1.807, 2.05) is 6.92 Å². The first-order chi connectivity index (χ1) is 6.72. The van der Waals surface area contributed by atoms with Gasteiger partial charge in [-0.05, 0) is 13.3 Å². The van der Waals surface area contributed by atoms with E-state index < -0.39 is 5.77 Å². The lowest BCUT2D eigenvalue weighted by atomic mass is 10.3. The van der Waals surface area contributed by atoms with Crippen molar-refractivity contribution in [1.29, 1.82) is 0 Å². The van der Waals surface area contributed by atoms with Gasteiger partial charge < -0.3 is 4.52 Å². The summed E-state index contributed by atoms with van der Waals surface area (Å²) in [6.45, 7) is 12.8. The summed E-state index contributed by atoms with van der Waals surface area (Å²) < 4.78 is 17.9. The quantitative estimate of drug-likeness (QED) is 0.620. The highest BCUT2D eigenvalue weighted by atomic mass is 33.1. The molecule has 2 nitrogen and oxygen atoms in total. The third kappa shape index (κ3) is 7.73. The molecule has 0 aliphatic rings. The van der Waals surface area contributed by atoms with Gasteiger partial charge in [-0.15, -0.1) is 0 Å². The van der Waals surface area contributed by atoms with Crippen molar-refractivity contribution in [2.24, 2.45) is 0 Å². The molecule has 2 atom stereocenters. The molecule has 15 heavy (non-hydrogen) atoms. The first kappa shape index (κ1) is 15.9. The van der Waals surface area contributed by atoms with E-state index >= 15 is 0 Å². The summed E-state index contributed by atoms with van der Waals surface area (Å²) in [5.74, 6) is -2.58. The second kappa shape index (κ2) is 6.58. The Hall–Kier alpha value is 0.890. The molecule has 0 heterocycles. The highest BCUT2D eigenvalue weighted by Crippen LogP contribution is 2.74. The summed E-state index contributed by atoms with van der Waals surface area (Å²) in [5, 5.41) is 0.386. The third-order valence-corrected chi connectivity index (χ3v) is 10.1. The van der Waals surface area contributed by atoms with Crippen LogP contribution in [0.4, 0.5) is 0 Å². The average Bonchev–Trinajstić information content (AvgIpc) is 2.00.